The Hall–Kier alpha value is -1.81. The summed E-state index contributed by atoms with van der Waals surface area (Å²) >= 11 is 5.98. The fraction of sp³-hybridized carbons (Fsp3) is 0.545. The number of carbonyl (C=O) groups excluding carboxylic acids is 1. The van der Waals surface area contributed by atoms with Gasteiger partial charge in [0, 0.05) is 42.7 Å². The fourth-order valence-electron chi connectivity index (χ4n) is 4.58. The van der Waals surface area contributed by atoms with Crippen molar-refractivity contribution in [3.05, 3.63) is 33.7 Å². The number of amides is 1. The number of rotatable bonds is 4. The van der Waals surface area contributed by atoms with Crippen molar-refractivity contribution < 1.29 is 17.9 Å². The number of carbonyl (C=O) groups is 1. The minimum Gasteiger partial charge on any atom is -0.487 e. The summed E-state index contributed by atoms with van der Waals surface area (Å²) in [5.41, 5.74) is 6.36. The SMILES string of the molecule is CC(N)=NC1CCC(C(=O)N2CCN(S(=O)(=O)C3=Cc4ccc(Cl)cc4OC3)CC2)CC1.Cl. The molecule has 1 saturated carbocycles. The van der Waals surface area contributed by atoms with Crippen LogP contribution in [-0.2, 0) is 14.8 Å². The van der Waals surface area contributed by atoms with Crippen molar-refractivity contribution in [2.45, 2.75) is 38.6 Å². The van der Waals surface area contributed by atoms with Crippen LogP contribution in [0, 0.1) is 5.92 Å². The Morgan fingerprint density at radius 2 is 1.82 bits per heavy atom. The number of hydrogen-bond acceptors (Lipinski definition) is 5. The molecule has 2 N–H and O–H groups in total. The summed E-state index contributed by atoms with van der Waals surface area (Å²) in [7, 11) is -3.66. The van der Waals surface area contributed by atoms with Gasteiger partial charge in [0.15, 0.2) is 0 Å². The van der Waals surface area contributed by atoms with Gasteiger partial charge in [-0.25, -0.2) is 8.42 Å². The molecular weight excluding hydrogens is 487 g/mol. The Kier molecular flexibility index (Phi) is 8.31. The van der Waals surface area contributed by atoms with E-state index in [1.54, 1.807) is 36.1 Å². The van der Waals surface area contributed by atoms with Gasteiger partial charge in [0.25, 0.3) is 0 Å². The second-order valence-corrected chi connectivity index (χ2v) is 11.0. The number of piperazine rings is 1. The van der Waals surface area contributed by atoms with E-state index in [4.69, 9.17) is 22.1 Å². The maximum absolute atomic E-state index is 13.1. The highest BCUT2D eigenvalue weighted by molar-refractivity contribution is 7.93. The maximum atomic E-state index is 13.1. The molecule has 2 aliphatic heterocycles. The Morgan fingerprint density at radius 3 is 2.45 bits per heavy atom. The zero-order valence-corrected chi connectivity index (χ0v) is 21.0. The standard InChI is InChI=1S/C22H29ClN4O4S.ClH/c1-15(24)25-19-6-3-16(4-7-19)22(28)26-8-10-27(11-9-26)32(29,30)20-12-17-2-5-18(23)13-21(17)31-14-20;/h2,5,12-13,16,19H,3-4,6-11,14H2,1H3,(H2,24,25);1H. The van der Waals surface area contributed by atoms with Crippen LogP contribution >= 0.6 is 24.0 Å². The number of benzene rings is 1. The van der Waals surface area contributed by atoms with Gasteiger partial charge in [0.1, 0.15) is 12.4 Å². The van der Waals surface area contributed by atoms with E-state index in [9.17, 15) is 13.2 Å². The van der Waals surface area contributed by atoms with Crippen LogP contribution in [-0.4, -0.2) is 68.2 Å². The fourth-order valence-corrected chi connectivity index (χ4v) is 6.20. The van der Waals surface area contributed by atoms with E-state index in [1.165, 1.54) is 4.31 Å². The number of fused-ring (bicyclic) bond motifs is 1. The van der Waals surface area contributed by atoms with Crippen LogP contribution in [0.3, 0.4) is 0 Å². The first-order valence-electron chi connectivity index (χ1n) is 11.0. The Labute approximate surface area is 206 Å². The predicted octanol–water partition coefficient (Wildman–Crippen LogP) is 2.91. The molecule has 1 aliphatic carbocycles. The van der Waals surface area contributed by atoms with Crippen molar-refractivity contribution in [3.63, 3.8) is 0 Å². The molecule has 0 unspecified atom stereocenters. The van der Waals surface area contributed by atoms with E-state index >= 15 is 0 Å². The quantitative estimate of drug-likeness (QED) is 0.489. The molecule has 0 atom stereocenters. The highest BCUT2D eigenvalue weighted by atomic mass is 35.5. The molecule has 1 saturated heterocycles. The molecule has 4 rings (SSSR count). The Bertz CT molecular complexity index is 1040. The van der Waals surface area contributed by atoms with E-state index < -0.39 is 10.0 Å². The van der Waals surface area contributed by atoms with Gasteiger partial charge in [-0.05, 0) is 56.9 Å². The minimum absolute atomic E-state index is 0. The number of amidine groups is 1. The monoisotopic (exact) mass is 516 g/mol. The predicted molar refractivity (Wildman–Crippen MR) is 132 cm³/mol. The molecule has 3 aliphatic rings. The summed E-state index contributed by atoms with van der Waals surface area (Å²) in [5, 5.41) is 0.542. The molecule has 2 fully saturated rings. The summed E-state index contributed by atoms with van der Waals surface area (Å²) in [6.45, 7) is 3.13. The average molecular weight is 517 g/mol. The average Bonchev–Trinajstić information content (AvgIpc) is 2.78. The maximum Gasteiger partial charge on any atom is 0.242 e. The Balaban J connectivity index is 0.00000306. The summed E-state index contributed by atoms with van der Waals surface area (Å²) in [6.07, 6.45) is 4.96. The number of nitrogens with zero attached hydrogens (tertiary/aromatic N) is 3. The summed E-state index contributed by atoms with van der Waals surface area (Å²) in [4.78, 5) is 19.4. The lowest BCUT2D eigenvalue weighted by Crippen LogP contribution is -2.52. The number of nitrogens with two attached hydrogens (primary N) is 1. The van der Waals surface area contributed by atoms with Crippen LogP contribution in [0.2, 0.25) is 5.02 Å². The van der Waals surface area contributed by atoms with Crippen molar-refractivity contribution in [3.8, 4) is 5.75 Å². The van der Waals surface area contributed by atoms with Crippen LogP contribution in [0.15, 0.2) is 28.1 Å². The van der Waals surface area contributed by atoms with Gasteiger partial charge in [-0.2, -0.15) is 4.31 Å². The number of halogens is 2. The van der Waals surface area contributed by atoms with E-state index in [1.807, 2.05) is 0 Å². The lowest BCUT2D eigenvalue weighted by atomic mass is 9.85. The largest absolute Gasteiger partial charge is 0.487 e. The molecule has 11 heteroatoms. The third kappa shape index (κ3) is 5.82. The molecule has 33 heavy (non-hydrogen) atoms. The molecule has 1 aromatic rings. The topological polar surface area (TPSA) is 105 Å². The molecule has 0 radical (unpaired) electrons. The van der Waals surface area contributed by atoms with Crippen LogP contribution < -0.4 is 10.5 Å². The van der Waals surface area contributed by atoms with Gasteiger partial charge < -0.3 is 15.4 Å². The summed E-state index contributed by atoms with van der Waals surface area (Å²) in [5.74, 6) is 1.28. The highest BCUT2D eigenvalue weighted by Gasteiger charge is 2.35. The van der Waals surface area contributed by atoms with Crippen LogP contribution in [0.4, 0.5) is 0 Å². The third-order valence-electron chi connectivity index (χ3n) is 6.32. The summed E-state index contributed by atoms with van der Waals surface area (Å²) < 4.78 is 33.4. The van der Waals surface area contributed by atoms with Gasteiger partial charge >= 0.3 is 0 Å². The van der Waals surface area contributed by atoms with Crippen molar-refractivity contribution in [1.82, 2.24) is 9.21 Å². The van der Waals surface area contributed by atoms with Crippen molar-refractivity contribution >= 4 is 51.9 Å². The van der Waals surface area contributed by atoms with Gasteiger partial charge in [-0.3, -0.25) is 9.79 Å². The van der Waals surface area contributed by atoms with Crippen molar-refractivity contribution in [2.75, 3.05) is 32.8 Å². The summed E-state index contributed by atoms with van der Waals surface area (Å²) in [6, 6.07) is 5.34. The van der Waals surface area contributed by atoms with Gasteiger partial charge in [0.2, 0.25) is 15.9 Å². The number of aliphatic imine (C=N–C) groups is 1. The first-order valence-corrected chi connectivity index (χ1v) is 12.8. The molecule has 1 amide bonds. The third-order valence-corrected chi connectivity index (χ3v) is 8.49. The van der Waals surface area contributed by atoms with Crippen LogP contribution in [0.1, 0.15) is 38.2 Å². The molecule has 0 bridgehead atoms. The molecule has 182 valence electrons. The van der Waals surface area contributed by atoms with Crippen molar-refractivity contribution in [2.24, 2.45) is 16.6 Å². The minimum atomic E-state index is -3.66. The molecule has 1 aromatic carbocycles. The van der Waals surface area contributed by atoms with Crippen LogP contribution in [0.25, 0.3) is 6.08 Å². The van der Waals surface area contributed by atoms with E-state index in [0.29, 0.717) is 35.3 Å². The first-order chi connectivity index (χ1) is 15.2. The smallest absolute Gasteiger partial charge is 0.242 e. The molecule has 2 heterocycles. The second-order valence-electron chi connectivity index (χ2n) is 8.59. The van der Waals surface area contributed by atoms with E-state index in [2.05, 4.69) is 4.99 Å². The van der Waals surface area contributed by atoms with Crippen LogP contribution in [0.5, 0.6) is 5.75 Å². The number of hydrogen-bond donors (Lipinski definition) is 1. The molecular formula is C22H30Cl2N4O4S. The first kappa shape index (κ1) is 25.8. The zero-order valence-electron chi connectivity index (χ0n) is 18.6. The number of ether oxygens (including phenoxy) is 1. The van der Waals surface area contributed by atoms with Gasteiger partial charge in [-0.1, -0.05) is 11.6 Å². The van der Waals surface area contributed by atoms with Crippen molar-refractivity contribution in [1.29, 1.82) is 0 Å². The normalized spacial score (nSPS) is 24.2. The van der Waals surface area contributed by atoms with Gasteiger partial charge in [-0.15, -0.1) is 12.4 Å². The van der Waals surface area contributed by atoms with Gasteiger partial charge in [0.05, 0.1) is 16.8 Å². The molecule has 0 spiro atoms. The van der Waals surface area contributed by atoms with E-state index in [-0.39, 0.29) is 54.9 Å². The lowest BCUT2D eigenvalue weighted by molar-refractivity contribution is -0.137. The second kappa shape index (κ2) is 10.6. The molecule has 8 nitrogen and oxygen atoms in total. The number of sulfonamides is 1. The lowest BCUT2D eigenvalue weighted by Gasteiger charge is -2.37. The zero-order chi connectivity index (χ0) is 22.9. The van der Waals surface area contributed by atoms with E-state index in [0.717, 1.165) is 25.7 Å². The Morgan fingerprint density at radius 1 is 1.15 bits per heavy atom. The highest BCUT2D eigenvalue weighted by Crippen LogP contribution is 2.32. The molecule has 0 aromatic heterocycles.